The molecule has 1 aromatic carbocycles. The van der Waals surface area contributed by atoms with Gasteiger partial charge in [0, 0.05) is 13.7 Å². The molecule has 1 atom stereocenters. The highest BCUT2D eigenvalue weighted by Gasteiger charge is 2.13. The summed E-state index contributed by atoms with van der Waals surface area (Å²) >= 11 is 5.81. The van der Waals surface area contributed by atoms with E-state index >= 15 is 0 Å². The fourth-order valence-corrected chi connectivity index (χ4v) is 2.38. The van der Waals surface area contributed by atoms with Crippen LogP contribution in [0.25, 0.3) is 0 Å². The minimum Gasteiger partial charge on any atom is -0.383 e. The number of hydrogen-bond donors (Lipinski definition) is 1. The first-order valence-corrected chi connectivity index (χ1v) is 7.19. The molecule has 1 N–H and O–H groups in total. The van der Waals surface area contributed by atoms with Gasteiger partial charge in [0.25, 0.3) is 0 Å². The van der Waals surface area contributed by atoms with Crippen molar-refractivity contribution in [3.05, 3.63) is 34.6 Å². The zero-order valence-electron chi connectivity index (χ0n) is 11.7. The average molecular weight is 288 g/mol. The Morgan fingerprint density at radius 2 is 2.21 bits per heavy atom. The maximum atomic E-state index is 13.9. The lowest BCUT2D eigenvalue weighted by Crippen LogP contribution is -2.27. The number of hydrogen-bond acceptors (Lipinski definition) is 2. The minimum atomic E-state index is -0.276. The molecule has 0 heterocycles. The Morgan fingerprint density at radius 1 is 1.42 bits per heavy atom. The number of benzene rings is 1. The first kappa shape index (κ1) is 16.4. The normalized spacial score (nSPS) is 12.6. The lowest BCUT2D eigenvalue weighted by molar-refractivity contribution is 0.197. The summed E-state index contributed by atoms with van der Waals surface area (Å²) in [5, 5.41) is 3.55. The molecule has 1 rings (SSSR count). The van der Waals surface area contributed by atoms with E-state index in [1.807, 2.05) is 12.1 Å². The third kappa shape index (κ3) is 5.89. The summed E-state index contributed by atoms with van der Waals surface area (Å²) in [7, 11) is 1.69. The van der Waals surface area contributed by atoms with Crippen LogP contribution in [-0.2, 0) is 11.2 Å². The summed E-state index contributed by atoms with van der Waals surface area (Å²) in [6.07, 6.45) is 2.89. The van der Waals surface area contributed by atoms with Crippen molar-refractivity contribution in [3.8, 4) is 0 Å². The van der Waals surface area contributed by atoms with E-state index in [0.717, 1.165) is 32.4 Å². The summed E-state index contributed by atoms with van der Waals surface area (Å²) < 4.78 is 18.9. The number of methoxy groups -OCH3 is 1. The molecule has 0 saturated carbocycles. The second kappa shape index (κ2) is 9.29. The molecule has 0 aliphatic rings. The maximum absolute atomic E-state index is 13.9. The lowest BCUT2D eigenvalue weighted by atomic mass is 9.94. The van der Waals surface area contributed by atoms with Crippen LogP contribution in [-0.4, -0.2) is 26.8 Å². The summed E-state index contributed by atoms with van der Waals surface area (Å²) in [4.78, 5) is 0. The zero-order chi connectivity index (χ0) is 14.1. The molecule has 0 amide bonds. The monoisotopic (exact) mass is 287 g/mol. The van der Waals surface area contributed by atoms with Crippen molar-refractivity contribution in [1.82, 2.24) is 5.32 Å². The highest BCUT2D eigenvalue weighted by Crippen LogP contribution is 2.22. The van der Waals surface area contributed by atoms with E-state index < -0.39 is 0 Å². The van der Waals surface area contributed by atoms with Crippen molar-refractivity contribution in [2.45, 2.75) is 26.2 Å². The third-order valence-electron chi connectivity index (χ3n) is 3.15. The van der Waals surface area contributed by atoms with Crippen LogP contribution in [0, 0.1) is 11.7 Å². The van der Waals surface area contributed by atoms with Crippen molar-refractivity contribution in [2.24, 2.45) is 5.92 Å². The molecule has 0 saturated heterocycles. The molecular formula is C15H23ClFNO. The number of halogens is 2. The van der Waals surface area contributed by atoms with Crippen LogP contribution in [0.2, 0.25) is 5.02 Å². The van der Waals surface area contributed by atoms with Gasteiger partial charge in [-0.1, -0.05) is 37.1 Å². The molecule has 0 aliphatic heterocycles. The summed E-state index contributed by atoms with van der Waals surface area (Å²) in [6.45, 7) is 4.55. The van der Waals surface area contributed by atoms with Gasteiger partial charge in [0.1, 0.15) is 5.82 Å². The van der Waals surface area contributed by atoms with Crippen LogP contribution in [0.1, 0.15) is 25.3 Å². The van der Waals surface area contributed by atoms with Crippen LogP contribution in [0.3, 0.4) is 0 Å². The van der Waals surface area contributed by atoms with E-state index in [-0.39, 0.29) is 10.8 Å². The van der Waals surface area contributed by atoms with Gasteiger partial charge in [0.15, 0.2) is 0 Å². The molecule has 2 nitrogen and oxygen atoms in total. The molecule has 0 bridgehead atoms. The van der Waals surface area contributed by atoms with Gasteiger partial charge >= 0.3 is 0 Å². The molecule has 0 aliphatic carbocycles. The zero-order valence-corrected chi connectivity index (χ0v) is 12.5. The number of ether oxygens (including phenoxy) is 1. The van der Waals surface area contributed by atoms with Gasteiger partial charge in [-0.05, 0) is 36.9 Å². The number of rotatable bonds is 9. The Kier molecular flexibility index (Phi) is 8.03. The summed E-state index contributed by atoms with van der Waals surface area (Å²) in [5.41, 5.74) is 0.708. The van der Waals surface area contributed by atoms with Gasteiger partial charge in [0.05, 0.1) is 11.6 Å². The SMILES string of the molecule is CCCC(CNCCOC)Cc1cccc(Cl)c1F. The predicted molar refractivity (Wildman–Crippen MR) is 78.3 cm³/mol. The topological polar surface area (TPSA) is 21.3 Å². The molecule has 0 fully saturated rings. The molecule has 1 unspecified atom stereocenters. The summed E-state index contributed by atoms with van der Waals surface area (Å²) in [5.74, 6) is 0.150. The molecule has 108 valence electrons. The minimum absolute atomic E-state index is 0.208. The van der Waals surface area contributed by atoms with Crippen LogP contribution < -0.4 is 5.32 Å². The van der Waals surface area contributed by atoms with Crippen LogP contribution >= 0.6 is 11.6 Å². The van der Waals surface area contributed by atoms with E-state index in [0.29, 0.717) is 18.1 Å². The van der Waals surface area contributed by atoms with Crippen molar-refractivity contribution in [1.29, 1.82) is 0 Å². The Hall–Kier alpha value is -0.640. The van der Waals surface area contributed by atoms with Crippen LogP contribution in [0.5, 0.6) is 0 Å². The van der Waals surface area contributed by atoms with E-state index in [1.54, 1.807) is 13.2 Å². The van der Waals surface area contributed by atoms with Gasteiger partial charge in [-0.3, -0.25) is 0 Å². The van der Waals surface area contributed by atoms with Crippen LogP contribution in [0.15, 0.2) is 18.2 Å². The second-order valence-corrected chi connectivity index (χ2v) is 5.18. The largest absolute Gasteiger partial charge is 0.383 e. The van der Waals surface area contributed by atoms with Gasteiger partial charge < -0.3 is 10.1 Å². The smallest absolute Gasteiger partial charge is 0.144 e. The quantitative estimate of drug-likeness (QED) is 0.700. The van der Waals surface area contributed by atoms with Gasteiger partial charge in [-0.25, -0.2) is 4.39 Å². The standard InChI is InChI=1S/C15H23ClFNO/c1-3-5-12(11-18-8-9-19-2)10-13-6-4-7-14(16)15(13)17/h4,6-7,12,18H,3,5,8-11H2,1-2H3. The molecule has 4 heteroatoms. The van der Waals surface area contributed by atoms with E-state index in [1.165, 1.54) is 0 Å². The van der Waals surface area contributed by atoms with Crippen LogP contribution in [0.4, 0.5) is 4.39 Å². The van der Waals surface area contributed by atoms with Gasteiger partial charge in [0.2, 0.25) is 0 Å². The molecule has 1 aromatic rings. The lowest BCUT2D eigenvalue weighted by Gasteiger charge is -2.17. The van der Waals surface area contributed by atoms with Crippen molar-refractivity contribution in [3.63, 3.8) is 0 Å². The Morgan fingerprint density at radius 3 is 2.89 bits per heavy atom. The van der Waals surface area contributed by atoms with E-state index in [4.69, 9.17) is 16.3 Å². The fraction of sp³-hybridized carbons (Fsp3) is 0.600. The van der Waals surface area contributed by atoms with Crippen molar-refractivity contribution < 1.29 is 9.13 Å². The molecular weight excluding hydrogens is 265 g/mol. The number of nitrogens with one attached hydrogen (secondary N) is 1. The van der Waals surface area contributed by atoms with E-state index in [2.05, 4.69) is 12.2 Å². The average Bonchev–Trinajstić information content (AvgIpc) is 2.40. The molecule has 0 spiro atoms. The Labute approximate surface area is 120 Å². The van der Waals surface area contributed by atoms with Gasteiger partial charge in [-0.2, -0.15) is 0 Å². The highest BCUT2D eigenvalue weighted by molar-refractivity contribution is 6.30. The first-order valence-electron chi connectivity index (χ1n) is 6.81. The Balaban J connectivity index is 2.54. The fourth-order valence-electron chi connectivity index (χ4n) is 2.18. The van der Waals surface area contributed by atoms with E-state index in [9.17, 15) is 4.39 Å². The molecule has 19 heavy (non-hydrogen) atoms. The third-order valence-corrected chi connectivity index (χ3v) is 3.44. The molecule has 0 radical (unpaired) electrons. The second-order valence-electron chi connectivity index (χ2n) is 4.77. The summed E-state index contributed by atoms with van der Waals surface area (Å²) in [6, 6.07) is 5.22. The maximum Gasteiger partial charge on any atom is 0.144 e. The molecule has 0 aromatic heterocycles. The first-order chi connectivity index (χ1) is 9.19. The Bertz CT molecular complexity index is 373. The van der Waals surface area contributed by atoms with Crippen molar-refractivity contribution >= 4 is 11.6 Å². The predicted octanol–water partition coefficient (Wildman–Crippen LogP) is 3.67. The van der Waals surface area contributed by atoms with Crippen molar-refractivity contribution in [2.75, 3.05) is 26.8 Å². The highest BCUT2D eigenvalue weighted by atomic mass is 35.5. The van der Waals surface area contributed by atoms with Gasteiger partial charge in [-0.15, -0.1) is 0 Å².